The highest BCUT2D eigenvalue weighted by Gasteiger charge is 1.99. The topological polar surface area (TPSA) is 21.6 Å². The molecular weight excluding hydrogens is 198 g/mol. The van der Waals surface area contributed by atoms with Crippen LogP contribution in [-0.4, -0.2) is 12.3 Å². The Morgan fingerprint density at radius 2 is 2.29 bits per heavy atom. The summed E-state index contributed by atoms with van der Waals surface area (Å²) in [6.07, 6.45) is 1.50. The van der Waals surface area contributed by atoms with Gasteiger partial charge >= 0.3 is 0 Å². The molecule has 0 aliphatic heterocycles. The standard InChI is InChI=1S/C11H12ClNO/c1-4-11(12)13-10-7-9(14-3)6-5-8(10)2/h4-7H,1H2,2-3H3. The maximum absolute atomic E-state index is 5.76. The van der Waals surface area contributed by atoms with Crippen LogP contribution in [-0.2, 0) is 0 Å². The summed E-state index contributed by atoms with van der Waals surface area (Å²) in [6, 6.07) is 5.66. The average molecular weight is 210 g/mol. The van der Waals surface area contributed by atoms with Crippen molar-refractivity contribution in [1.82, 2.24) is 0 Å². The lowest BCUT2D eigenvalue weighted by atomic mass is 10.2. The van der Waals surface area contributed by atoms with Crippen molar-refractivity contribution in [3.8, 4) is 5.75 Å². The van der Waals surface area contributed by atoms with E-state index in [1.54, 1.807) is 7.11 Å². The van der Waals surface area contributed by atoms with E-state index in [0.717, 1.165) is 17.0 Å². The van der Waals surface area contributed by atoms with Gasteiger partial charge in [-0.05, 0) is 24.6 Å². The van der Waals surface area contributed by atoms with Gasteiger partial charge in [-0.1, -0.05) is 24.2 Å². The zero-order chi connectivity index (χ0) is 10.6. The molecule has 0 saturated heterocycles. The first-order chi connectivity index (χ1) is 6.67. The van der Waals surface area contributed by atoms with Gasteiger partial charge in [0.2, 0.25) is 0 Å². The minimum atomic E-state index is 0.376. The van der Waals surface area contributed by atoms with Crippen LogP contribution in [0.4, 0.5) is 5.69 Å². The second-order valence-corrected chi connectivity index (χ2v) is 3.18. The highest BCUT2D eigenvalue weighted by atomic mass is 35.5. The van der Waals surface area contributed by atoms with E-state index >= 15 is 0 Å². The van der Waals surface area contributed by atoms with Crippen LogP contribution in [0.1, 0.15) is 5.56 Å². The summed E-state index contributed by atoms with van der Waals surface area (Å²) in [5.74, 6) is 0.767. The van der Waals surface area contributed by atoms with Crippen molar-refractivity contribution in [3.63, 3.8) is 0 Å². The Balaban J connectivity index is 3.12. The van der Waals surface area contributed by atoms with Crippen molar-refractivity contribution in [2.24, 2.45) is 4.99 Å². The molecule has 0 unspecified atom stereocenters. The molecule has 1 rings (SSSR count). The Labute approximate surface area is 88.9 Å². The molecule has 0 atom stereocenters. The monoisotopic (exact) mass is 209 g/mol. The number of aryl methyl sites for hydroxylation is 1. The molecule has 0 N–H and O–H groups in total. The number of benzene rings is 1. The predicted octanol–water partition coefficient (Wildman–Crippen LogP) is 3.46. The molecule has 0 aliphatic carbocycles. The van der Waals surface area contributed by atoms with E-state index < -0.39 is 0 Å². The number of aliphatic imine (C=N–C) groups is 1. The van der Waals surface area contributed by atoms with Gasteiger partial charge in [-0.25, -0.2) is 4.99 Å². The van der Waals surface area contributed by atoms with Crippen molar-refractivity contribution in [2.45, 2.75) is 6.92 Å². The summed E-state index contributed by atoms with van der Waals surface area (Å²) in [5.41, 5.74) is 1.85. The smallest absolute Gasteiger partial charge is 0.129 e. The van der Waals surface area contributed by atoms with E-state index in [4.69, 9.17) is 16.3 Å². The van der Waals surface area contributed by atoms with Crippen LogP contribution in [0.2, 0.25) is 0 Å². The van der Waals surface area contributed by atoms with Crippen molar-refractivity contribution >= 4 is 22.5 Å². The number of hydrogen-bond donors (Lipinski definition) is 0. The molecule has 0 aromatic heterocycles. The minimum absolute atomic E-state index is 0.376. The van der Waals surface area contributed by atoms with E-state index in [1.807, 2.05) is 25.1 Å². The fourth-order valence-electron chi connectivity index (χ4n) is 0.997. The first kappa shape index (κ1) is 10.8. The fourth-order valence-corrected chi connectivity index (χ4v) is 1.09. The number of methoxy groups -OCH3 is 1. The van der Waals surface area contributed by atoms with Gasteiger partial charge in [0.05, 0.1) is 12.8 Å². The van der Waals surface area contributed by atoms with Gasteiger partial charge in [0.1, 0.15) is 10.9 Å². The van der Waals surface area contributed by atoms with Gasteiger partial charge in [-0.15, -0.1) is 0 Å². The highest BCUT2D eigenvalue weighted by Crippen LogP contribution is 2.24. The van der Waals surface area contributed by atoms with Crippen LogP contribution in [0.3, 0.4) is 0 Å². The Hall–Kier alpha value is -1.28. The zero-order valence-corrected chi connectivity index (χ0v) is 9.01. The Kier molecular flexibility index (Phi) is 3.72. The maximum atomic E-state index is 5.76. The Bertz CT molecular complexity index is 372. The van der Waals surface area contributed by atoms with E-state index in [-0.39, 0.29) is 0 Å². The predicted molar refractivity (Wildman–Crippen MR) is 60.9 cm³/mol. The van der Waals surface area contributed by atoms with E-state index in [2.05, 4.69) is 11.6 Å². The summed E-state index contributed by atoms with van der Waals surface area (Å²) in [7, 11) is 1.62. The van der Waals surface area contributed by atoms with E-state index in [0.29, 0.717) is 5.17 Å². The van der Waals surface area contributed by atoms with Crippen LogP contribution in [0, 0.1) is 6.92 Å². The lowest BCUT2D eigenvalue weighted by Crippen LogP contribution is -1.84. The largest absolute Gasteiger partial charge is 0.497 e. The molecule has 0 radical (unpaired) electrons. The molecule has 1 aromatic rings. The molecule has 0 spiro atoms. The highest BCUT2D eigenvalue weighted by molar-refractivity contribution is 6.68. The molecule has 0 amide bonds. The molecule has 0 fully saturated rings. The van der Waals surface area contributed by atoms with Crippen LogP contribution in [0.25, 0.3) is 0 Å². The van der Waals surface area contributed by atoms with Gasteiger partial charge in [0.25, 0.3) is 0 Å². The minimum Gasteiger partial charge on any atom is -0.497 e. The summed E-state index contributed by atoms with van der Waals surface area (Å²) in [4.78, 5) is 4.17. The van der Waals surface area contributed by atoms with Gasteiger partial charge < -0.3 is 4.74 Å². The second-order valence-electron chi connectivity index (χ2n) is 2.79. The Morgan fingerprint density at radius 3 is 2.86 bits per heavy atom. The van der Waals surface area contributed by atoms with E-state index in [1.165, 1.54) is 6.08 Å². The molecule has 2 nitrogen and oxygen atoms in total. The third-order valence-corrected chi connectivity index (χ3v) is 2.05. The number of hydrogen-bond acceptors (Lipinski definition) is 2. The third-order valence-electron chi connectivity index (χ3n) is 1.81. The van der Waals surface area contributed by atoms with Crippen LogP contribution in [0.5, 0.6) is 5.75 Å². The zero-order valence-electron chi connectivity index (χ0n) is 8.25. The summed E-state index contributed by atoms with van der Waals surface area (Å²) >= 11 is 5.76. The second kappa shape index (κ2) is 4.82. The van der Waals surface area contributed by atoms with Crippen molar-refractivity contribution in [2.75, 3.05) is 7.11 Å². The fraction of sp³-hybridized carbons (Fsp3) is 0.182. The summed E-state index contributed by atoms with van der Waals surface area (Å²) < 4.78 is 5.09. The van der Waals surface area contributed by atoms with Crippen LogP contribution >= 0.6 is 11.6 Å². The number of ether oxygens (including phenoxy) is 1. The molecule has 14 heavy (non-hydrogen) atoms. The normalized spacial score (nSPS) is 11.2. The first-order valence-electron chi connectivity index (χ1n) is 4.18. The molecule has 74 valence electrons. The molecule has 0 saturated carbocycles. The van der Waals surface area contributed by atoms with Crippen molar-refractivity contribution in [3.05, 3.63) is 36.4 Å². The number of halogens is 1. The number of rotatable bonds is 3. The maximum Gasteiger partial charge on any atom is 0.129 e. The van der Waals surface area contributed by atoms with Gasteiger partial charge in [-0.2, -0.15) is 0 Å². The summed E-state index contributed by atoms with van der Waals surface area (Å²) in [5, 5.41) is 0.376. The van der Waals surface area contributed by atoms with Gasteiger partial charge in [0, 0.05) is 6.07 Å². The number of allylic oxidation sites excluding steroid dienone is 1. The van der Waals surface area contributed by atoms with Crippen LogP contribution < -0.4 is 4.74 Å². The molecule has 0 aliphatic rings. The summed E-state index contributed by atoms with van der Waals surface area (Å²) in [6.45, 7) is 5.50. The molecule has 0 bridgehead atoms. The molecule has 1 aromatic carbocycles. The molecule has 3 heteroatoms. The average Bonchev–Trinajstić information content (AvgIpc) is 2.21. The SMILES string of the molecule is C=CC(Cl)=Nc1cc(OC)ccc1C. The van der Waals surface area contributed by atoms with Gasteiger partial charge in [0.15, 0.2) is 0 Å². The quantitative estimate of drug-likeness (QED) is 0.699. The van der Waals surface area contributed by atoms with Crippen molar-refractivity contribution in [1.29, 1.82) is 0 Å². The Morgan fingerprint density at radius 1 is 1.57 bits per heavy atom. The van der Waals surface area contributed by atoms with Crippen LogP contribution in [0.15, 0.2) is 35.8 Å². The number of nitrogens with zero attached hydrogens (tertiary/aromatic N) is 1. The van der Waals surface area contributed by atoms with E-state index in [9.17, 15) is 0 Å². The molecule has 0 heterocycles. The first-order valence-corrected chi connectivity index (χ1v) is 4.56. The lowest BCUT2D eigenvalue weighted by Gasteiger charge is -2.03. The van der Waals surface area contributed by atoms with Gasteiger partial charge in [-0.3, -0.25) is 0 Å². The van der Waals surface area contributed by atoms with Crippen molar-refractivity contribution < 1.29 is 4.74 Å². The third kappa shape index (κ3) is 2.60. The lowest BCUT2D eigenvalue weighted by molar-refractivity contribution is 0.415. The molecular formula is C11H12ClNO.